The number of rotatable bonds is 4. The minimum atomic E-state index is -0.428. The second kappa shape index (κ2) is 6.09. The van der Waals surface area contributed by atoms with E-state index in [2.05, 4.69) is 15.3 Å². The van der Waals surface area contributed by atoms with Crippen LogP contribution in [0.1, 0.15) is 16.8 Å². The number of aryl methyl sites for hydroxylation is 3. The van der Waals surface area contributed by atoms with Crippen LogP contribution in [-0.2, 0) is 0 Å². The van der Waals surface area contributed by atoms with Crippen LogP contribution in [0.15, 0.2) is 28.1 Å². The van der Waals surface area contributed by atoms with E-state index in [4.69, 9.17) is 0 Å². The molecule has 110 valence electrons. The van der Waals surface area contributed by atoms with Gasteiger partial charge in [-0.3, -0.25) is 10.1 Å². The molecule has 0 fully saturated rings. The lowest BCUT2D eigenvalue weighted by molar-refractivity contribution is -0.389. The Labute approximate surface area is 127 Å². The average molecular weight is 304 g/mol. The van der Waals surface area contributed by atoms with Crippen molar-refractivity contribution >= 4 is 23.4 Å². The Morgan fingerprint density at radius 2 is 1.95 bits per heavy atom. The van der Waals surface area contributed by atoms with Gasteiger partial charge in [-0.2, -0.15) is 4.98 Å². The zero-order valence-corrected chi connectivity index (χ0v) is 13.1. The molecule has 0 saturated heterocycles. The van der Waals surface area contributed by atoms with Crippen LogP contribution in [0.2, 0.25) is 0 Å². The highest BCUT2D eigenvalue weighted by molar-refractivity contribution is 7.99. The molecule has 0 atom stereocenters. The molecule has 2 rings (SSSR count). The van der Waals surface area contributed by atoms with Crippen molar-refractivity contribution in [3.63, 3.8) is 0 Å². The predicted molar refractivity (Wildman–Crippen MR) is 83.0 cm³/mol. The first-order chi connectivity index (χ1) is 9.92. The van der Waals surface area contributed by atoms with Gasteiger partial charge in [0.1, 0.15) is 5.69 Å². The number of anilines is 1. The number of nitro groups is 1. The molecule has 0 saturated carbocycles. The molecule has 0 aliphatic carbocycles. The van der Waals surface area contributed by atoms with Crippen LogP contribution in [-0.4, -0.2) is 21.9 Å². The minimum Gasteiger partial charge on any atom is -0.357 e. The molecule has 0 spiro atoms. The van der Waals surface area contributed by atoms with E-state index in [1.807, 2.05) is 32.0 Å². The summed E-state index contributed by atoms with van der Waals surface area (Å²) in [5, 5.41) is 14.5. The van der Waals surface area contributed by atoms with Crippen molar-refractivity contribution in [2.24, 2.45) is 0 Å². The van der Waals surface area contributed by atoms with E-state index in [1.54, 1.807) is 14.0 Å². The number of hydrogen-bond donors (Lipinski definition) is 1. The van der Waals surface area contributed by atoms with Crippen molar-refractivity contribution < 1.29 is 4.92 Å². The summed E-state index contributed by atoms with van der Waals surface area (Å²) in [6, 6.07) is 6.01. The van der Waals surface area contributed by atoms with Crippen LogP contribution >= 0.6 is 11.8 Å². The molecule has 1 heterocycles. The Hall–Kier alpha value is -2.15. The number of nitrogens with one attached hydrogen (secondary N) is 1. The Morgan fingerprint density at radius 1 is 1.24 bits per heavy atom. The standard InChI is InChI=1S/C14H16N4O2S/c1-8-5-6-9(2)11(7-8)21-13-12(18(19)20)10(3)16-14(15-4)17-13/h5-7H,1-4H3,(H,15,16,17). The molecule has 6 nitrogen and oxygen atoms in total. The van der Waals surface area contributed by atoms with Gasteiger partial charge in [0.25, 0.3) is 0 Å². The summed E-state index contributed by atoms with van der Waals surface area (Å²) in [4.78, 5) is 20.1. The first kappa shape index (κ1) is 15.2. The molecule has 0 unspecified atom stereocenters. The summed E-state index contributed by atoms with van der Waals surface area (Å²) in [7, 11) is 1.69. The van der Waals surface area contributed by atoms with Crippen LogP contribution in [0.5, 0.6) is 0 Å². The maximum Gasteiger partial charge on any atom is 0.322 e. The van der Waals surface area contributed by atoms with Gasteiger partial charge >= 0.3 is 5.69 Å². The third-order valence-electron chi connectivity index (χ3n) is 2.98. The number of aromatic nitrogens is 2. The lowest BCUT2D eigenvalue weighted by Crippen LogP contribution is -2.04. The van der Waals surface area contributed by atoms with E-state index >= 15 is 0 Å². The van der Waals surface area contributed by atoms with Crippen molar-refractivity contribution in [3.8, 4) is 0 Å². The highest BCUT2D eigenvalue weighted by atomic mass is 32.2. The first-order valence-electron chi connectivity index (χ1n) is 6.38. The number of hydrogen-bond acceptors (Lipinski definition) is 6. The van der Waals surface area contributed by atoms with Crippen molar-refractivity contribution in [1.82, 2.24) is 9.97 Å². The summed E-state index contributed by atoms with van der Waals surface area (Å²) in [6.07, 6.45) is 0. The summed E-state index contributed by atoms with van der Waals surface area (Å²) in [5.41, 5.74) is 2.47. The molecule has 0 bridgehead atoms. The molecule has 21 heavy (non-hydrogen) atoms. The van der Waals surface area contributed by atoms with Gasteiger partial charge < -0.3 is 5.32 Å². The maximum absolute atomic E-state index is 11.3. The highest BCUT2D eigenvalue weighted by Crippen LogP contribution is 2.37. The van der Waals surface area contributed by atoms with E-state index in [1.165, 1.54) is 11.8 Å². The fraction of sp³-hybridized carbons (Fsp3) is 0.286. The van der Waals surface area contributed by atoms with E-state index in [9.17, 15) is 10.1 Å². The summed E-state index contributed by atoms with van der Waals surface area (Å²) in [6.45, 7) is 5.58. The largest absolute Gasteiger partial charge is 0.357 e. The fourth-order valence-corrected chi connectivity index (χ4v) is 2.99. The second-order valence-electron chi connectivity index (χ2n) is 4.66. The number of benzene rings is 1. The minimum absolute atomic E-state index is 0.0418. The lowest BCUT2D eigenvalue weighted by atomic mass is 10.2. The summed E-state index contributed by atoms with van der Waals surface area (Å²) in [5.74, 6) is 0.380. The third kappa shape index (κ3) is 3.30. The third-order valence-corrected chi connectivity index (χ3v) is 4.12. The Bertz CT molecular complexity index is 704. The van der Waals surface area contributed by atoms with Crippen LogP contribution < -0.4 is 5.32 Å². The zero-order valence-electron chi connectivity index (χ0n) is 12.3. The topological polar surface area (TPSA) is 81.0 Å². The summed E-state index contributed by atoms with van der Waals surface area (Å²) < 4.78 is 0. The molecule has 1 N–H and O–H groups in total. The molecular weight excluding hydrogens is 288 g/mol. The van der Waals surface area contributed by atoms with E-state index in [-0.39, 0.29) is 5.69 Å². The Balaban J connectivity index is 2.54. The van der Waals surface area contributed by atoms with E-state index in [0.29, 0.717) is 16.7 Å². The van der Waals surface area contributed by atoms with Crippen LogP contribution in [0.4, 0.5) is 11.6 Å². The lowest BCUT2D eigenvalue weighted by Gasteiger charge is -2.09. The van der Waals surface area contributed by atoms with Crippen molar-refractivity contribution in [2.45, 2.75) is 30.7 Å². The average Bonchev–Trinajstić information content (AvgIpc) is 2.41. The van der Waals surface area contributed by atoms with Crippen molar-refractivity contribution in [1.29, 1.82) is 0 Å². The Morgan fingerprint density at radius 3 is 2.57 bits per heavy atom. The maximum atomic E-state index is 11.3. The zero-order chi connectivity index (χ0) is 15.6. The van der Waals surface area contributed by atoms with Crippen molar-refractivity contribution in [2.75, 3.05) is 12.4 Å². The van der Waals surface area contributed by atoms with Gasteiger partial charge in [0.2, 0.25) is 5.95 Å². The monoisotopic (exact) mass is 304 g/mol. The van der Waals surface area contributed by atoms with Crippen LogP contribution in [0.3, 0.4) is 0 Å². The predicted octanol–water partition coefficient (Wildman–Crippen LogP) is 3.50. The molecular formula is C14H16N4O2S. The van der Waals surface area contributed by atoms with E-state index < -0.39 is 4.92 Å². The van der Waals surface area contributed by atoms with Crippen LogP contribution in [0, 0.1) is 30.9 Å². The molecule has 1 aromatic heterocycles. The van der Waals surface area contributed by atoms with E-state index in [0.717, 1.165) is 16.0 Å². The first-order valence-corrected chi connectivity index (χ1v) is 7.20. The molecule has 1 aromatic carbocycles. The van der Waals surface area contributed by atoms with Gasteiger partial charge in [-0.05, 0) is 38.0 Å². The van der Waals surface area contributed by atoms with Gasteiger partial charge in [0, 0.05) is 11.9 Å². The quantitative estimate of drug-likeness (QED) is 0.529. The summed E-state index contributed by atoms with van der Waals surface area (Å²) >= 11 is 1.29. The molecule has 0 amide bonds. The molecule has 7 heteroatoms. The van der Waals surface area contributed by atoms with Crippen molar-refractivity contribution in [3.05, 3.63) is 45.1 Å². The fourth-order valence-electron chi connectivity index (χ4n) is 1.86. The second-order valence-corrected chi connectivity index (χ2v) is 5.70. The molecule has 2 aromatic rings. The molecule has 0 radical (unpaired) electrons. The Kier molecular flexibility index (Phi) is 4.42. The van der Waals surface area contributed by atoms with Gasteiger partial charge in [0.05, 0.1) is 4.92 Å². The molecule has 0 aliphatic heterocycles. The SMILES string of the molecule is CNc1nc(C)c([N+](=O)[O-])c(Sc2cc(C)ccc2C)n1. The van der Waals surface area contributed by atoms with Gasteiger partial charge in [0.15, 0.2) is 5.03 Å². The van der Waals surface area contributed by atoms with Gasteiger partial charge in [-0.15, -0.1) is 0 Å². The van der Waals surface area contributed by atoms with Crippen LogP contribution in [0.25, 0.3) is 0 Å². The number of nitrogens with zero attached hydrogens (tertiary/aromatic N) is 3. The highest BCUT2D eigenvalue weighted by Gasteiger charge is 2.23. The smallest absolute Gasteiger partial charge is 0.322 e. The van der Waals surface area contributed by atoms with Gasteiger partial charge in [-0.25, -0.2) is 4.98 Å². The normalized spacial score (nSPS) is 10.5. The van der Waals surface area contributed by atoms with Gasteiger partial charge in [-0.1, -0.05) is 23.9 Å². The molecule has 0 aliphatic rings.